The largest absolute Gasteiger partial charge is 0.382 e. The summed E-state index contributed by atoms with van der Waals surface area (Å²) >= 11 is 1.81. The molecule has 0 spiro atoms. The van der Waals surface area contributed by atoms with Gasteiger partial charge in [0.05, 0.1) is 0 Å². The second-order valence-corrected chi connectivity index (χ2v) is 5.25. The first kappa shape index (κ1) is 10.1. The molecule has 0 amide bonds. The highest BCUT2D eigenvalue weighted by atomic mass is 32.1. The molecule has 2 heterocycles. The Morgan fingerprint density at radius 2 is 2.06 bits per heavy atom. The zero-order chi connectivity index (χ0) is 10.8. The molecule has 2 aromatic rings. The molecule has 16 heavy (non-hydrogen) atoms. The fourth-order valence-electron chi connectivity index (χ4n) is 2.31. The molecule has 0 saturated carbocycles. The van der Waals surface area contributed by atoms with E-state index in [4.69, 9.17) is 0 Å². The smallest absolute Gasteiger partial charge is 0.0430 e. The Bertz CT molecular complexity index is 471. The molecule has 0 aliphatic carbocycles. The molecule has 1 fully saturated rings. The molecule has 1 aliphatic rings. The minimum absolute atomic E-state index is 0.631. The van der Waals surface area contributed by atoms with Gasteiger partial charge in [-0.25, -0.2) is 0 Å². The van der Waals surface area contributed by atoms with Gasteiger partial charge >= 0.3 is 0 Å². The van der Waals surface area contributed by atoms with Crippen molar-refractivity contribution in [3.63, 3.8) is 0 Å². The summed E-state index contributed by atoms with van der Waals surface area (Å²) in [4.78, 5) is 0. The van der Waals surface area contributed by atoms with E-state index in [0.717, 1.165) is 13.1 Å². The van der Waals surface area contributed by atoms with Crippen LogP contribution in [0.5, 0.6) is 0 Å². The second-order valence-electron chi connectivity index (χ2n) is 4.31. The number of fused-ring (bicyclic) bond motifs is 1. The average molecular weight is 232 g/mol. The molecule has 0 unspecified atom stereocenters. The minimum Gasteiger partial charge on any atom is -0.382 e. The Morgan fingerprint density at radius 1 is 1.19 bits per heavy atom. The fourth-order valence-corrected chi connectivity index (χ4v) is 3.12. The number of piperidine rings is 1. The Morgan fingerprint density at radius 3 is 2.94 bits per heavy atom. The van der Waals surface area contributed by atoms with Crippen LogP contribution in [0.1, 0.15) is 12.8 Å². The highest BCUT2D eigenvalue weighted by Crippen LogP contribution is 2.28. The van der Waals surface area contributed by atoms with Crippen molar-refractivity contribution in [2.75, 3.05) is 18.4 Å². The number of thiophene rings is 1. The minimum atomic E-state index is 0.631. The fraction of sp³-hybridized carbons (Fsp3) is 0.385. The van der Waals surface area contributed by atoms with E-state index in [-0.39, 0.29) is 0 Å². The monoisotopic (exact) mass is 232 g/mol. The molecule has 0 atom stereocenters. The lowest BCUT2D eigenvalue weighted by Gasteiger charge is -2.25. The first-order valence-electron chi connectivity index (χ1n) is 5.87. The van der Waals surface area contributed by atoms with E-state index < -0.39 is 0 Å². The quantitative estimate of drug-likeness (QED) is 0.831. The van der Waals surface area contributed by atoms with Crippen molar-refractivity contribution in [1.29, 1.82) is 0 Å². The predicted molar refractivity (Wildman–Crippen MR) is 71.3 cm³/mol. The summed E-state index contributed by atoms with van der Waals surface area (Å²) in [6, 6.07) is 9.36. The Hall–Kier alpha value is -1.06. The van der Waals surface area contributed by atoms with Gasteiger partial charge in [0.15, 0.2) is 0 Å². The van der Waals surface area contributed by atoms with Crippen LogP contribution in [0.25, 0.3) is 10.1 Å². The molecule has 1 saturated heterocycles. The van der Waals surface area contributed by atoms with Crippen LogP contribution in [0.3, 0.4) is 0 Å². The third-order valence-corrected chi connectivity index (χ3v) is 4.08. The van der Waals surface area contributed by atoms with Gasteiger partial charge in [-0.3, -0.25) is 0 Å². The summed E-state index contributed by atoms with van der Waals surface area (Å²) in [5.74, 6) is 0. The van der Waals surface area contributed by atoms with Gasteiger partial charge in [-0.1, -0.05) is 6.07 Å². The van der Waals surface area contributed by atoms with E-state index in [1.807, 2.05) is 11.3 Å². The van der Waals surface area contributed by atoms with Crippen LogP contribution < -0.4 is 10.6 Å². The third kappa shape index (κ3) is 1.93. The van der Waals surface area contributed by atoms with Crippen LogP contribution >= 0.6 is 11.3 Å². The van der Waals surface area contributed by atoms with Gasteiger partial charge in [0, 0.05) is 21.8 Å². The van der Waals surface area contributed by atoms with Crippen LogP contribution in [0.15, 0.2) is 29.6 Å². The summed E-state index contributed by atoms with van der Waals surface area (Å²) in [7, 11) is 0. The Labute approximate surface area is 99.7 Å². The van der Waals surface area contributed by atoms with Gasteiger partial charge < -0.3 is 10.6 Å². The molecule has 2 N–H and O–H groups in total. The Kier molecular flexibility index (Phi) is 2.80. The van der Waals surface area contributed by atoms with Crippen molar-refractivity contribution in [1.82, 2.24) is 5.32 Å². The van der Waals surface area contributed by atoms with Crippen LogP contribution in [0, 0.1) is 0 Å². The molecular formula is C13H16N2S. The molecular weight excluding hydrogens is 216 g/mol. The molecule has 1 aromatic heterocycles. The van der Waals surface area contributed by atoms with Gasteiger partial charge in [0.25, 0.3) is 0 Å². The number of anilines is 1. The molecule has 3 heteroatoms. The standard InChI is InChI=1S/C13H16N2S/c1-2-12(11-6-9-16-13(11)3-1)15-10-4-7-14-8-5-10/h1-3,6,9-10,14-15H,4-5,7-8H2. The topological polar surface area (TPSA) is 24.1 Å². The molecule has 1 aliphatic heterocycles. The van der Waals surface area contributed by atoms with Crippen molar-refractivity contribution in [3.05, 3.63) is 29.6 Å². The van der Waals surface area contributed by atoms with Crippen molar-refractivity contribution in [2.24, 2.45) is 0 Å². The molecule has 1 aromatic carbocycles. The van der Waals surface area contributed by atoms with E-state index in [2.05, 4.69) is 40.3 Å². The lowest BCUT2D eigenvalue weighted by atomic mass is 10.1. The molecule has 0 bridgehead atoms. The summed E-state index contributed by atoms with van der Waals surface area (Å²) in [6.07, 6.45) is 2.45. The van der Waals surface area contributed by atoms with Crippen LogP contribution in [-0.4, -0.2) is 19.1 Å². The summed E-state index contributed by atoms with van der Waals surface area (Å²) in [5, 5.41) is 10.6. The van der Waals surface area contributed by atoms with Gasteiger partial charge in [-0.05, 0) is 49.5 Å². The van der Waals surface area contributed by atoms with E-state index in [9.17, 15) is 0 Å². The molecule has 84 valence electrons. The van der Waals surface area contributed by atoms with Gasteiger partial charge in [-0.15, -0.1) is 11.3 Å². The molecule has 0 radical (unpaired) electrons. The number of benzene rings is 1. The number of nitrogens with one attached hydrogen (secondary N) is 2. The van der Waals surface area contributed by atoms with Crippen LogP contribution in [-0.2, 0) is 0 Å². The number of rotatable bonds is 2. The lowest BCUT2D eigenvalue weighted by molar-refractivity contribution is 0.479. The SMILES string of the molecule is c1cc(NC2CCNCC2)c2ccsc2c1. The van der Waals surface area contributed by atoms with Gasteiger partial charge in [-0.2, -0.15) is 0 Å². The second kappa shape index (κ2) is 4.44. The van der Waals surface area contributed by atoms with E-state index in [0.29, 0.717) is 6.04 Å². The van der Waals surface area contributed by atoms with Gasteiger partial charge in [0.2, 0.25) is 0 Å². The van der Waals surface area contributed by atoms with E-state index in [1.54, 1.807) is 0 Å². The highest BCUT2D eigenvalue weighted by Gasteiger charge is 2.13. The summed E-state index contributed by atoms with van der Waals surface area (Å²) in [6.45, 7) is 2.27. The number of hydrogen-bond acceptors (Lipinski definition) is 3. The first-order valence-corrected chi connectivity index (χ1v) is 6.75. The van der Waals surface area contributed by atoms with E-state index >= 15 is 0 Å². The maximum Gasteiger partial charge on any atom is 0.0430 e. The third-order valence-electron chi connectivity index (χ3n) is 3.19. The normalized spacial score (nSPS) is 17.8. The van der Waals surface area contributed by atoms with Gasteiger partial charge in [0.1, 0.15) is 0 Å². The van der Waals surface area contributed by atoms with Crippen molar-refractivity contribution in [3.8, 4) is 0 Å². The Balaban J connectivity index is 1.85. The van der Waals surface area contributed by atoms with Crippen LogP contribution in [0.2, 0.25) is 0 Å². The predicted octanol–water partition coefficient (Wildman–Crippen LogP) is 3.07. The molecule has 2 nitrogen and oxygen atoms in total. The maximum absolute atomic E-state index is 3.68. The zero-order valence-corrected chi connectivity index (χ0v) is 10.0. The lowest BCUT2D eigenvalue weighted by Crippen LogP contribution is -2.35. The first-order chi connectivity index (χ1) is 7.93. The maximum atomic E-state index is 3.68. The van der Waals surface area contributed by atoms with Crippen molar-refractivity contribution >= 4 is 27.1 Å². The number of hydrogen-bond donors (Lipinski definition) is 2. The summed E-state index contributed by atoms with van der Waals surface area (Å²) < 4.78 is 1.37. The van der Waals surface area contributed by atoms with Crippen molar-refractivity contribution < 1.29 is 0 Å². The summed E-state index contributed by atoms with van der Waals surface area (Å²) in [5.41, 5.74) is 1.30. The highest BCUT2D eigenvalue weighted by molar-refractivity contribution is 7.17. The molecule has 3 rings (SSSR count). The van der Waals surface area contributed by atoms with E-state index in [1.165, 1.54) is 28.6 Å². The zero-order valence-electron chi connectivity index (χ0n) is 9.20. The van der Waals surface area contributed by atoms with Crippen LogP contribution in [0.4, 0.5) is 5.69 Å². The average Bonchev–Trinajstić information content (AvgIpc) is 2.80. The van der Waals surface area contributed by atoms with Crippen molar-refractivity contribution in [2.45, 2.75) is 18.9 Å².